The molecule has 2 aliphatic rings. The molecule has 1 unspecified atom stereocenters. The van der Waals surface area contributed by atoms with Crippen LogP contribution >= 0.6 is 0 Å². The summed E-state index contributed by atoms with van der Waals surface area (Å²) in [6, 6.07) is 4.74. The van der Waals surface area contributed by atoms with Crippen LogP contribution in [0.4, 0.5) is 0 Å². The molecule has 1 atom stereocenters. The first-order valence-corrected chi connectivity index (χ1v) is 7.25. The molecule has 2 fully saturated rings. The standard InChI is InChI=1S/C15H22N2O2/c1-11-4-7-15(19-13-3-2-8-18-10-13)14(17-11)9-16-12-5-6-12/h4,7,12-13,16H,2-3,5-6,8-10H2,1H3. The van der Waals surface area contributed by atoms with Crippen LogP contribution in [-0.4, -0.2) is 30.3 Å². The van der Waals surface area contributed by atoms with Gasteiger partial charge in [-0.05, 0) is 44.7 Å². The lowest BCUT2D eigenvalue weighted by molar-refractivity contribution is 0.00680. The highest BCUT2D eigenvalue weighted by atomic mass is 16.5. The van der Waals surface area contributed by atoms with Crippen LogP contribution < -0.4 is 10.1 Å². The summed E-state index contributed by atoms with van der Waals surface area (Å²) in [7, 11) is 0. The summed E-state index contributed by atoms with van der Waals surface area (Å²) in [5.41, 5.74) is 2.07. The molecule has 1 aromatic rings. The average Bonchev–Trinajstić information content (AvgIpc) is 3.24. The zero-order valence-electron chi connectivity index (χ0n) is 11.5. The highest BCUT2D eigenvalue weighted by Gasteiger charge is 2.22. The molecular weight excluding hydrogens is 240 g/mol. The zero-order valence-corrected chi connectivity index (χ0v) is 11.5. The van der Waals surface area contributed by atoms with E-state index in [1.807, 2.05) is 19.1 Å². The van der Waals surface area contributed by atoms with Gasteiger partial charge in [0, 0.05) is 24.9 Å². The number of pyridine rings is 1. The first-order valence-electron chi connectivity index (χ1n) is 7.25. The maximum Gasteiger partial charge on any atom is 0.142 e. The second-order valence-electron chi connectivity index (χ2n) is 5.51. The van der Waals surface area contributed by atoms with Crippen molar-refractivity contribution in [2.45, 2.75) is 51.3 Å². The number of rotatable bonds is 5. The van der Waals surface area contributed by atoms with Gasteiger partial charge in [-0.2, -0.15) is 0 Å². The normalized spacial score (nSPS) is 23.3. The lowest BCUT2D eigenvalue weighted by Gasteiger charge is -2.24. The third-order valence-corrected chi connectivity index (χ3v) is 3.62. The van der Waals surface area contributed by atoms with Gasteiger partial charge in [-0.25, -0.2) is 0 Å². The molecule has 0 bridgehead atoms. The fourth-order valence-electron chi connectivity index (χ4n) is 2.34. The van der Waals surface area contributed by atoms with Crippen molar-refractivity contribution in [3.63, 3.8) is 0 Å². The molecule has 1 N–H and O–H groups in total. The third kappa shape index (κ3) is 3.67. The lowest BCUT2D eigenvalue weighted by atomic mass is 10.1. The summed E-state index contributed by atoms with van der Waals surface area (Å²) in [5, 5.41) is 3.50. The number of ether oxygens (including phenoxy) is 2. The van der Waals surface area contributed by atoms with Crippen molar-refractivity contribution in [2.24, 2.45) is 0 Å². The van der Waals surface area contributed by atoms with E-state index in [9.17, 15) is 0 Å². The van der Waals surface area contributed by atoms with Crippen molar-refractivity contribution >= 4 is 0 Å². The van der Waals surface area contributed by atoms with Gasteiger partial charge in [0.15, 0.2) is 0 Å². The fourth-order valence-corrected chi connectivity index (χ4v) is 2.34. The van der Waals surface area contributed by atoms with Crippen molar-refractivity contribution in [2.75, 3.05) is 13.2 Å². The largest absolute Gasteiger partial charge is 0.486 e. The minimum absolute atomic E-state index is 0.179. The van der Waals surface area contributed by atoms with Crippen LogP contribution in [0.1, 0.15) is 37.1 Å². The van der Waals surface area contributed by atoms with Gasteiger partial charge in [-0.3, -0.25) is 4.98 Å². The smallest absolute Gasteiger partial charge is 0.142 e. The molecule has 1 aliphatic heterocycles. The topological polar surface area (TPSA) is 43.4 Å². The number of nitrogens with one attached hydrogen (secondary N) is 1. The van der Waals surface area contributed by atoms with E-state index in [0.29, 0.717) is 12.6 Å². The number of aryl methyl sites for hydroxylation is 1. The second-order valence-corrected chi connectivity index (χ2v) is 5.51. The molecule has 2 heterocycles. The summed E-state index contributed by atoms with van der Waals surface area (Å²) in [4.78, 5) is 4.61. The molecule has 0 amide bonds. The van der Waals surface area contributed by atoms with Gasteiger partial charge in [0.2, 0.25) is 0 Å². The number of hydrogen-bond acceptors (Lipinski definition) is 4. The number of aromatic nitrogens is 1. The Hall–Kier alpha value is -1.13. The second kappa shape index (κ2) is 5.88. The fraction of sp³-hybridized carbons (Fsp3) is 0.667. The zero-order chi connectivity index (χ0) is 13.1. The molecule has 4 nitrogen and oxygen atoms in total. The van der Waals surface area contributed by atoms with Crippen LogP contribution in [0, 0.1) is 6.92 Å². The van der Waals surface area contributed by atoms with E-state index in [1.165, 1.54) is 12.8 Å². The van der Waals surface area contributed by atoms with Crippen molar-refractivity contribution in [3.05, 3.63) is 23.5 Å². The maximum atomic E-state index is 6.07. The summed E-state index contributed by atoms with van der Waals surface area (Å²) in [5.74, 6) is 0.911. The number of hydrogen-bond donors (Lipinski definition) is 1. The van der Waals surface area contributed by atoms with Gasteiger partial charge in [0.1, 0.15) is 11.9 Å². The van der Waals surface area contributed by atoms with Crippen molar-refractivity contribution in [1.29, 1.82) is 0 Å². The molecular formula is C15H22N2O2. The SMILES string of the molecule is Cc1ccc(OC2CCCOC2)c(CNC2CC2)n1. The Morgan fingerprint density at radius 2 is 2.26 bits per heavy atom. The molecule has 0 radical (unpaired) electrons. The first kappa shape index (κ1) is 12.9. The Balaban J connectivity index is 1.66. The molecule has 1 aliphatic carbocycles. The van der Waals surface area contributed by atoms with E-state index < -0.39 is 0 Å². The highest BCUT2D eigenvalue weighted by molar-refractivity contribution is 5.29. The van der Waals surface area contributed by atoms with Crippen LogP contribution in [0.3, 0.4) is 0 Å². The van der Waals surface area contributed by atoms with Gasteiger partial charge < -0.3 is 14.8 Å². The predicted molar refractivity (Wildman–Crippen MR) is 73.3 cm³/mol. The van der Waals surface area contributed by atoms with E-state index in [-0.39, 0.29) is 6.10 Å². The summed E-state index contributed by atoms with van der Waals surface area (Å²) < 4.78 is 11.5. The minimum Gasteiger partial charge on any atom is -0.486 e. The Morgan fingerprint density at radius 3 is 3.00 bits per heavy atom. The maximum absolute atomic E-state index is 6.07. The van der Waals surface area contributed by atoms with Gasteiger partial charge in [0.05, 0.1) is 12.3 Å². The first-order chi connectivity index (χ1) is 9.31. The summed E-state index contributed by atoms with van der Waals surface area (Å²) >= 11 is 0. The van der Waals surface area contributed by atoms with E-state index >= 15 is 0 Å². The molecule has 0 spiro atoms. The summed E-state index contributed by atoms with van der Waals surface area (Å²) in [6.45, 7) is 4.38. The molecule has 19 heavy (non-hydrogen) atoms. The predicted octanol–water partition coefficient (Wildman–Crippen LogP) is 2.20. The summed E-state index contributed by atoms with van der Waals surface area (Å²) in [6.07, 6.45) is 4.91. The molecule has 1 saturated carbocycles. The molecule has 4 heteroatoms. The van der Waals surface area contributed by atoms with Gasteiger partial charge in [-0.15, -0.1) is 0 Å². The van der Waals surface area contributed by atoms with Crippen LogP contribution in [-0.2, 0) is 11.3 Å². The Bertz CT molecular complexity index is 426. The lowest BCUT2D eigenvalue weighted by Crippen LogP contribution is -2.29. The van der Waals surface area contributed by atoms with E-state index in [4.69, 9.17) is 9.47 Å². The minimum atomic E-state index is 0.179. The van der Waals surface area contributed by atoms with E-state index in [1.54, 1.807) is 0 Å². The molecule has 1 aromatic heterocycles. The third-order valence-electron chi connectivity index (χ3n) is 3.62. The van der Waals surface area contributed by atoms with Crippen LogP contribution in [0.25, 0.3) is 0 Å². The highest BCUT2D eigenvalue weighted by Crippen LogP contribution is 2.24. The molecule has 104 valence electrons. The Labute approximate surface area is 114 Å². The van der Waals surface area contributed by atoms with Crippen molar-refractivity contribution < 1.29 is 9.47 Å². The Kier molecular flexibility index (Phi) is 3.99. The molecule has 1 saturated heterocycles. The Morgan fingerprint density at radius 1 is 1.37 bits per heavy atom. The van der Waals surface area contributed by atoms with Gasteiger partial charge in [0.25, 0.3) is 0 Å². The van der Waals surface area contributed by atoms with Gasteiger partial charge >= 0.3 is 0 Å². The van der Waals surface area contributed by atoms with Crippen molar-refractivity contribution in [1.82, 2.24) is 10.3 Å². The quantitative estimate of drug-likeness (QED) is 0.883. The van der Waals surface area contributed by atoms with Crippen molar-refractivity contribution in [3.8, 4) is 5.75 Å². The van der Waals surface area contributed by atoms with Crippen LogP contribution in [0.5, 0.6) is 5.75 Å². The molecule has 0 aromatic carbocycles. The van der Waals surface area contributed by atoms with Gasteiger partial charge in [-0.1, -0.05) is 0 Å². The van der Waals surface area contributed by atoms with Crippen LogP contribution in [0.15, 0.2) is 12.1 Å². The monoisotopic (exact) mass is 262 g/mol. The van der Waals surface area contributed by atoms with Crippen LogP contribution in [0.2, 0.25) is 0 Å². The van der Waals surface area contributed by atoms with E-state index in [0.717, 1.165) is 43.1 Å². The molecule has 3 rings (SSSR count). The average molecular weight is 262 g/mol. The number of nitrogens with zero attached hydrogens (tertiary/aromatic N) is 1. The van der Waals surface area contributed by atoms with E-state index in [2.05, 4.69) is 10.3 Å².